The molecule has 2 aromatic carbocycles. The highest BCUT2D eigenvalue weighted by Crippen LogP contribution is 2.24. The van der Waals surface area contributed by atoms with Gasteiger partial charge in [0.25, 0.3) is 11.6 Å². The van der Waals surface area contributed by atoms with Crippen LogP contribution < -0.4 is 5.32 Å². The predicted octanol–water partition coefficient (Wildman–Crippen LogP) is 2.68. The molecule has 0 radical (unpaired) electrons. The highest BCUT2D eigenvalue weighted by molar-refractivity contribution is 5.82. The monoisotopic (exact) mass is 314 g/mol. The van der Waals surface area contributed by atoms with Crippen molar-refractivity contribution in [3.05, 3.63) is 75.8 Å². The lowest BCUT2D eigenvalue weighted by atomic mass is 9.93. The molecule has 0 spiro atoms. The summed E-state index contributed by atoms with van der Waals surface area (Å²) in [5, 5.41) is 23.6. The molecule has 0 fully saturated rings. The molecule has 23 heavy (non-hydrogen) atoms. The smallest absolute Gasteiger partial charge is 0.269 e. The number of non-ortho nitro benzene ring substituents is 1. The van der Waals surface area contributed by atoms with Gasteiger partial charge in [-0.1, -0.05) is 30.3 Å². The number of nitrogens with one attached hydrogen (secondary N) is 1. The van der Waals surface area contributed by atoms with Crippen LogP contribution in [-0.4, -0.2) is 15.9 Å². The van der Waals surface area contributed by atoms with Crippen LogP contribution in [0.15, 0.2) is 54.6 Å². The molecule has 0 saturated carbocycles. The minimum atomic E-state index is -1.27. The van der Waals surface area contributed by atoms with E-state index in [9.17, 15) is 20.0 Å². The van der Waals surface area contributed by atoms with Crippen LogP contribution in [0.5, 0.6) is 0 Å². The van der Waals surface area contributed by atoms with Gasteiger partial charge in [0, 0.05) is 12.1 Å². The third-order valence-electron chi connectivity index (χ3n) is 3.60. The van der Waals surface area contributed by atoms with Gasteiger partial charge in [-0.05, 0) is 37.1 Å². The molecule has 0 saturated heterocycles. The Bertz CT molecular complexity index is 696. The Kier molecular flexibility index (Phi) is 4.76. The van der Waals surface area contributed by atoms with Gasteiger partial charge in [0.2, 0.25) is 0 Å². The second-order valence-electron chi connectivity index (χ2n) is 5.73. The molecule has 0 aliphatic carbocycles. The van der Waals surface area contributed by atoms with Crippen molar-refractivity contribution in [3.63, 3.8) is 0 Å². The van der Waals surface area contributed by atoms with Crippen molar-refractivity contribution in [1.82, 2.24) is 5.32 Å². The van der Waals surface area contributed by atoms with Crippen molar-refractivity contribution in [2.24, 2.45) is 0 Å². The van der Waals surface area contributed by atoms with Crippen molar-refractivity contribution in [3.8, 4) is 0 Å². The van der Waals surface area contributed by atoms with E-state index in [1.807, 2.05) is 0 Å². The van der Waals surface area contributed by atoms with E-state index in [1.165, 1.54) is 12.1 Å². The van der Waals surface area contributed by atoms with Gasteiger partial charge in [0.1, 0.15) is 0 Å². The third-order valence-corrected chi connectivity index (χ3v) is 3.60. The normalized spacial score (nSPS) is 12.5. The zero-order valence-corrected chi connectivity index (χ0v) is 12.9. The molecule has 0 aliphatic heterocycles. The van der Waals surface area contributed by atoms with E-state index in [4.69, 9.17) is 0 Å². The average molecular weight is 314 g/mol. The SMILES string of the molecule is CC(C)(NC(=O)C(O)c1ccccc1)c1ccc([N+](=O)[O-])cc1. The maximum absolute atomic E-state index is 12.2. The van der Waals surface area contributed by atoms with E-state index in [0.29, 0.717) is 11.1 Å². The summed E-state index contributed by atoms with van der Waals surface area (Å²) in [5.41, 5.74) is 0.420. The minimum Gasteiger partial charge on any atom is -0.378 e. The first kappa shape index (κ1) is 16.6. The van der Waals surface area contributed by atoms with Crippen LogP contribution in [0.4, 0.5) is 5.69 Å². The lowest BCUT2D eigenvalue weighted by molar-refractivity contribution is -0.384. The second-order valence-corrected chi connectivity index (χ2v) is 5.73. The lowest BCUT2D eigenvalue weighted by Gasteiger charge is -2.28. The summed E-state index contributed by atoms with van der Waals surface area (Å²) in [6.07, 6.45) is -1.27. The van der Waals surface area contributed by atoms with Crippen molar-refractivity contribution >= 4 is 11.6 Å². The zero-order valence-electron chi connectivity index (χ0n) is 12.9. The van der Waals surface area contributed by atoms with Crippen molar-refractivity contribution < 1.29 is 14.8 Å². The first-order chi connectivity index (χ1) is 10.8. The summed E-state index contributed by atoms with van der Waals surface area (Å²) in [7, 11) is 0. The molecule has 6 nitrogen and oxygen atoms in total. The van der Waals surface area contributed by atoms with Gasteiger partial charge in [0.05, 0.1) is 10.5 Å². The number of aliphatic hydroxyl groups excluding tert-OH is 1. The number of carbonyl (C=O) groups excluding carboxylic acids is 1. The quantitative estimate of drug-likeness (QED) is 0.655. The van der Waals surface area contributed by atoms with Gasteiger partial charge in [-0.25, -0.2) is 0 Å². The fraction of sp³-hybridized carbons (Fsp3) is 0.235. The lowest BCUT2D eigenvalue weighted by Crippen LogP contribution is -2.43. The molecule has 6 heteroatoms. The van der Waals surface area contributed by atoms with Gasteiger partial charge < -0.3 is 10.4 Å². The number of aliphatic hydroxyl groups is 1. The van der Waals surface area contributed by atoms with Crippen LogP contribution in [0, 0.1) is 10.1 Å². The Morgan fingerprint density at radius 1 is 1.13 bits per heavy atom. The molecule has 0 aromatic heterocycles. The molecule has 1 unspecified atom stereocenters. The van der Waals surface area contributed by atoms with E-state index in [2.05, 4.69) is 5.32 Å². The molecule has 2 N–H and O–H groups in total. The molecule has 2 rings (SSSR count). The van der Waals surface area contributed by atoms with Gasteiger partial charge in [0.15, 0.2) is 6.10 Å². The molecule has 0 heterocycles. The maximum Gasteiger partial charge on any atom is 0.269 e. The topological polar surface area (TPSA) is 92.5 Å². The Labute approximate surface area is 133 Å². The highest BCUT2D eigenvalue weighted by atomic mass is 16.6. The molecule has 0 aliphatic rings. The average Bonchev–Trinajstić information content (AvgIpc) is 2.54. The number of amides is 1. The first-order valence-corrected chi connectivity index (χ1v) is 7.11. The molecule has 1 amide bonds. The van der Waals surface area contributed by atoms with E-state index < -0.39 is 22.5 Å². The van der Waals surface area contributed by atoms with Crippen LogP contribution in [0.2, 0.25) is 0 Å². The summed E-state index contributed by atoms with van der Waals surface area (Å²) in [5.74, 6) is -0.528. The molecular weight excluding hydrogens is 296 g/mol. The van der Waals surface area contributed by atoms with Gasteiger partial charge in [-0.15, -0.1) is 0 Å². The zero-order chi connectivity index (χ0) is 17.0. The standard InChI is InChI=1S/C17H18N2O4/c1-17(2,13-8-10-14(11-9-13)19(22)23)18-16(21)15(20)12-6-4-3-5-7-12/h3-11,15,20H,1-2H3,(H,18,21). The number of nitro groups is 1. The molecule has 0 bridgehead atoms. The second kappa shape index (κ2) is 6.58. The van der Waals surface area contributed by atoms with Crippen LogP contribution in [0.3, 0.4) is 0 Å². The predicted molar refractivity (Wildman–Crippen MR) is 85.7 cm³/mol. The highest BCUT2D eigenvalue weighted by Gasteiger charge is 2.27. The fourth-order valence-electron chi connectivity index (χ4n) is 2.24. The third kappa shape index (κ3) is 3.92. The Hall–Kier alpha value is -2.73. The summed E-state index contributed by atoms with van der Waals surface area (Å²) < 4.78 is 0. The molecule has 1 atom stereocenters. The number of hydrogen-bond acceptors (Lipinski definition) is 4. The van der Waals surface area contributed by atoms with Crippen LogP contribution in [-0.2, 0) is 10.3 Å². The minimum absolute atomic E-state index is 0.0137. The fourth-order valence-corrected chi connectivity index (χ4v) is 2.24. The largest absolute Gasteiger partial charge is 0.378 e. The van der Waals surface area contributed by atoms with Gasteiger partial charge >= 0.3 is 0 Å². The van der Waals surface area contributed by atoms with E-state index in [0.717, 1.165) is 0 Å². The first-order valence-electron chi connectivity index (χ1n) is 7.11. The van der Waals surface area contributed by atoms with E-state index >= 15 is 0 Å². The number of rotatable bonds is 5. The Morgan fingerprint density at radius 3 is 2.22 bits per heavy atom. The molecular formula is C17H18N2O4. The molecule has 120 valence electrons. The summed E-state index contributed by atoms with van der Waals surface area (Å²) in [6, 6.07) is 14.6. The van der Waals surface area contributed by atoms with Gasteiger partial charge in [-0.3, -0.25) is 14.9 Å². The molecule has 2 aromatic rings. The summed E-state index contributed by atoms with van der Waals surface area (Å²) in [6.45, 7) is 3.54. The van der Waals surface area contributed by atoms with Crippen molar-refractivity contribution in [1.29, 1.82) is 0 Å². The van der Waals surface area contributed by atoms with E-state index in [-0.39, 0.29) is 5.69 Å². The number of carbonyl (C=O) groups is 1. The summed E-state index contributed by atoms with van der Waals surface area (Å²) in [4.78, 5) is 22.4. The van der Waals surface area contributed by atoms with Crippen LogP contribution >= 0.6 is 0 Å². The Balaban J connectivity index is 2.13. The number of hydrogen-bond donors (Lipinski definition) is 2. The maximum atomic E-state index is 12.2. The number of nitrogens with zero attached hydrogens (tertiary/aromatic N) is 1. The summed E-state index contributed by atoms with van der Waals surface area (Å²) >= 11 is 0. The van der Waals surface area contributed by atoms with Crippen LogP contribution in [0.25, 0.3) is 0 Å². The van der Waals surface area contributed by atoms with Crippen molar-refractivity contribution in [2.75, 3.05) is 0 Å². The van der Waals surface area contributed by atoms with Gasteiger partial charge in [-0.2, -0.15) is 0 Å². The van der Waals surface area contributed by atoms with Crippen LogP contribution in [0.1, 0.15) is 31.1 Å². The Morgan fingerprint density at radius 2 is 1.70 bits per heavy atom. The van der Waals surface area contributed by atoms with E-state index in [1.54, 1.807) is 56.3 Å². The number of nitro benzene ring substituents is 1. The van der Waals surface area contributed by atoms with Crippen molar-refractivity contribution in [2.45, 2.75) is 25.5 Å². The number of benzene rings is 2.